The zero-order valence-electron chi connectivity index (χ0n) is 18.2. The molecule has 1 aliphatic heterocycles. The lowest BCUT2D eigenvalue weighted by Gasteiger charge is -2.32. The number of aryl methyl sites for hydroxylation is 1. The summed E-state index contributed by atoms with van der Waals surface area (Å²) >= 11 is 1.60. The summed E-state index contributed by atoms with van der Waals surface area (Å²) in [6.07, 6.45) is 1.41. The van der Waals surface area contributed by atoms with Crippen molar-refractivity contribution in [3.05, 3.63) is 45.9 Å². The molecule has 1 saturated heterocycles. The van der Waals surface area contributed by atoms with Crippen LogP contribution in [0.15, 0.2) is 29.6 Å². The Hall–Kier alpha value is -2.41. The second-order valence-electron chi connectivity index (χ2n) is 8.28. The summed E-state index contributed by atoms with van der Waals surface area (Å²) in [6, 6.07) is 7.40. The molecule has 30 heavy (non-hydrogen) atoms. The SMILES string of the molecule is Cc1nc(COc2ccc(C(=O)N3CCC(C(=O)NC(C)C(C)C)CC3)cc2)cs1. The van der Waals surface area contributed by atoms with Gasteiger partial charge in [-0.3, -0.25) is 9.59 Å². The number of nitrogens with zero attached hydrogens (tertiary/aromatic N) is 2. The number of aromatic nitrogens is 1. The summed E-state index contributed by atoms with van der Waals surface area (Å²) < 4.78 is 5.75. The summed E-state index contributed by atoms with van der Waals surface area (Å²) in [5, 5.41) is 6.10. The number of likely N-dealkylation sites (tertiary alicyclic amines) is 1. The van der Waals surface area contributed by atoms with E-state index >= 15 is 0 Å². The van der Waals surface area contributed by atoms with Gasteiger partial charge in [-0.05, 0) is 56.9 Å². The average molecular weight is 430 g/mol. The average Bonchev–Trinajstić information content (AvgIpc) is 3.17. The van der Waals surface area contributed by atoms with E-state index in [2.05, 4.69) is 24.1 Å². The van der Waals surface area contributed by atoms with Crippen molar-refractivity contribution in [3.63, 3.8) is 0 Å². The molecule has 2 aromatic rings. The van der Waals surface area contributed by atoms with E-state index in [4.69, 9.17) is 4.74 Å². The number of ether oxygens (including phenoxy) is 1. The molecule has 2 amide bonds. The van der Waals surface area contributed by atoms with Crippen molar-refractivity contribution in [3.8, 4) is 5.75 Å². The lowest BCUT2D eigenvalue weighted by Crippen LogP contribution is -2.45. The molecule has 162 valence electrons. The lowest BCUT2D eigenvalue weighted by molar-refractivity contribution is -0.127. The van der Waals surface area contributed by atoms with Crippen LogP contribution in [0.2, 0.25) is 0 Å². The second kappa shape index (κ2) is 10.1. The van der Waals surface area contributed by atoms with E-state index in [1.54, 1.807) is 23.5 Å². The fourth-order valence-corrected chi connectivity index (χ4v) is 3.96. The first kappa shape index (κ1) is 22.3. The first-order valence-corrected chi connectivity index (χ1v) is 11.4. The van der Waals surface area contributed by atoms with Crippen molar-refractivity contribution in [2.45, 2.75) is 53.2 Å². The normalized spacial score (nSPS) is 15.8. The van der Waals surface area contributed by atoms with Crippen molar-refractivity contribution >= 4 is 23.2 Å². The van der Waals surface area contributed by atoms with Gasteiger partial charge in [-0.1, -0.05) is 13.8 Å². The molecule has 3 rings (SSSR count). The number of thiazole rings is 1. The largest absolute Gasteiger partial charge is 0.487 e. The Morgan fingerprint density at radius 1 is 1.20 bits per heavy atom. The van der Waals surface area contributed by atoms with Crippen LogP contribution < -0.4 is 10.1 Å². The molecule has 1 atom stereocenters. The monoisotopic (exact) mass is 429 g/mol. The molecule has 1 unspecified atom stereocenters. The summed E-state index contributed by atoms with van der Waals surface area (Å²) in [5.74, 6) is 1.23. The zero-order valence-corrected chi connectivity index (χ0v) is 19.0. The molecular weight excluding hydrogens is 398 g/mol. The molecule has 0 spiro atoms. The quantitative estimate of drug-likeness (QED) is 0.721. The molecule has 0 aliphatic carbocycles. The molecule has 0 bridgehead atoms. The first-order valence-electron chi connectivity index (χ1n) is 10.6. The number of carbonyl (C=O) groups is 2. The summed E-state index contributed by atoms with van der Waals surface area (Å²) in [6.45, 7) is 9.83. The first-order chi connectivity index (χ1) is 14.3. The van der Waals surface area contributed by atoms with Crippen molar-refractivity contribution in [2.24, 2.45) is 11.8 Å². The highest BCUT2D eigenvalue weighted by atomic mass is 32.1. The third kappa shape index (κ3) is 5.81. The molecule has 0 radical (unpaired) electrons. The Labute approximate surface area is 182 Å². The van der Waals surface area contributed by atoms with E-state index in [1.165, 1.54) is 0 Å². The van der Waals surface area contributed by atoms with E-state index in [0.29, 0.717) is 49.8 Å². The molecule has 0 saturated carbocycles. The third-order valence-electron chi connectivity index (χ3n) is 5.68. The van der Waals surface area contributed by atoms with Gasteiger partial charge in [0, 0.05) is 36.0 Å². The second-order valence-corrected chi connectivity index (χ2v) is 9.34. The van der Waals surface area contributed by atoms with E-state index in [9.17, 15) is 9.59 Å². The zero-order chi connectivity index (χ0) is 21.7. The number of benzene rings is 1. The predicted molar refractivity (Wildman–Crippen MR) is 119 cm³/mol. The molecule has 7 heteroatoms. The number of amides is 2. The van der Waals surface area contributed by atoms with Gasteiger partial charge in [0.05, 0.1) is 10.7 Å². The van der Waals surface area contributed by atoms with Gasteiger partial charge in [-0.2, -0.15) is 0 Å². The van der Waals surface area contributed by atoms with Gasteiger partial charge in [0.25, 0.3) is 5.91 Å². The maximum Gasteiger partial charge on any atom is 0.253 e. The van der Waals surface area contributed by atoms with Crippen molar-refractivity contribution in [2.75, 3.05) is 13.1 Å². The Bertz CT molecular complexity index is 855. The molecule has 6 nitrogen and oxygen atoms in total. The van der Waals surface area contributed by atoms with Crippen LogP contribution in [-0.2, 0) is 11.4 Å². The molecule has 2 heterocycles. The van der Waals surface area contributed by atoms with Crippen LogP contribution in [0.3, 0.4) is 0 Å². The minimum absolute atomic E-state index is 0.00563. The number of hydrogen-bond donors (Lipinski definition) is 1. The van der Waals surface area contributed by atoms with E-state index in [1.807, 2.05) is 36.3 Å². The van der Waals surface area contributed by atoms with E-state index in [-0.39, 0.29) is 23.8 Å². The van der Waals surface area contributed by atoms with Crippen molar-refractivity contribution < 1.29 is 14.3 Å². The molecule has 1 aromatic carbocycles. The number of piperidine rings is 1. The maximum atomic E-state index is 12.8. The van der Waals surface area contributed by atoms with Gasteiger partial charge in [0.15, 0.2) is 0 Å². The van der Waals surface area contributed by atoms with E-state index in [0.717, 1.165) is 10.7 Å². The smallest absolute Gasteiger partial charge is 0.253 e. The van der Waals surface area contributed by atoms with Gasteiger partial charge < -0.3 is 15.0 Å². The van der Waals surface area contributed by atoms with Crippen LogP contribution in [0.25, 0.3) is 0 Å². The highest BCUT2D eigenvalue weighted by Crippen LogP contribution is 2.21. The minimum atomic E-state index is -0.0135. The highest BCUT2D eigenvalue weighted by Gasteiger charge is 2.28. The molecule has 1 N–H and O–H groups in total. The van der Waals surface area contributed by atoms with Gasteiger partial charge in [-0.15, -0.1) is 11.3 Å². The predicted octanol–water partition coefficient (Wildman–Crippen LogP) is 4.04. The molecule has 1 fully saturated rings. The Morgan fingerprint density at radius 3 is 2.43 bits per heavy atom. The highest BCUT2D eigenvalue weighted by molar-refractivity contribution is 7.09. The Balaban J connectivity index is 1.48. The van der Waals surface area contributed by atoms with Crippen LogP contribution in [0.4, 0.5) is 0 Å². The summed E-state index contributed by atoms with van der Waals surface area (Å²) in [5.41, 5.74) is 1.55. The van der Waals surface area contributed by atoms with Crippen LogP contribution >= 0.6 is 11.3 Å². The van der Waals surface area contributed by atoms with Gasteiger partial charge >= 0.3 is 0 Å². The van der Waals surface area contributed by atoms with Crippen LogP contribution in [0, 0.1) is 18.8 Å². The topological polar surface area (TPSA) is 71.5 Å². The number of carbonyl (C=O) groups excluding carboxylic acids is 2. The summed E-state index contributed by atoms with van der Waals surface area (Å²) in [7, 11) is 0. The van der Waals surface area contributed by atoms with E-state index < -0.39 is 0 Å². The molecule has 1 aliphatic rings. The van der Waals surface area contributed by atoms with Crippen molar-refractivity contribution in [1.29, 1.82) is 0 Å². The lowest BCUT2D eigenvalue weighted by atomic mass is 9.94. The fraction of sp³-hybridized carbons (Fsp3) is 0.522. The molecular formula is C23H31N3O3S. The van der Waals surface area contributed by atoms with Crippen LogP contribution in [0.5, 0.6) is 5.75 Å². The number of hydrogen-bond acceptors (Lipinski definition) is 5. The standard InChI is InChI=1S/C23H31N3O3S/c1-15(2)16(3)24-22(27)18-9-11-26(12-10-18)23(28)19-5-7-21(8-6-19)29-13-20-14-30-17(4)25-20/h5-8,14-16,18H,9-13H2,1-4H3,(H,24,27). The Kier molecular flexibility index (Phi) is 7.48. The van der Waals surface area contributed by atoms with Gasteiger partial charge in [-0.25, -0.2) is 4.98 Å². The van der Waals surface area contributed by atoms with Crippen LogP contribution in [-0.4, -0.2) is 40.8 Å². The molecule has 1 aromatic heterocycles. The number of nitrogens with one attached hydrogen (secondary N) is 1. The third-order valence-corrected chi connectivity index (χ3v) is 6.50. The summed E-state index contributed by atoms with van der Waals surface area (Å²) in [4.78, 5) is 31.5. The van der Waals surface area contributed by atoms with Crippen LogP contribution in [0.1, 0.15) is 54.7 Å². The minimum Gasteiger partial charge on any atom is -0.487 e. The maximum absolute atomic E-state index is 12.8. The van der Waals surface area contributed by atoms with Gasteiger partial charge in [0.2, 0.25) is 5.91 Å². The fourth-order valence-electron chi connectivity index (χ4n) is 3.36. The van der Waals surface area contributed by atoms with Crippen molar-refractivity contribution in [1.82, 2.24) is 15.2 Å². The van der Waals surface area contributed by atoms with Gasteiger partial charge in [0.1, 0.15) is 12.4 Å². The Morgan fingerprint density at radius 2 is 1.87 bits per heavy atom. The number of rotatable bonds is 7.